The summed E-state index contributed by atoms with van der Waals surface area (Å²) in [6.45, 7) is 3.62. The maximum absolute atomic E-state index is 11.6. The predicted molar refractivity (Wildman–Crippen MR) is 56.1 cm³/mol. The van der Waals surface area contributed by atoms with Crippen molar-refractivity contribution >= 4 is 5.97 Å². The molecule has 16 heavy (non-hydrogen) atoms. The minimum Gasteiger partial charge on any atom is -0.506 e. The van der Waals surface area contributed by atoms with Crippen molar-refractivity contribution in [1.29, 1.82) is 5.26 Å². The summed E-state index contributed by atoms with van der Waals surface area (Å²) >= 11 is 0. The molecule has 0 bridgehead atoms. The van der Waals surface area contributed by atoms with Crippen LogP contribution in [0.3, 0.4) is 0 Å². The third kappa shape index (κ3) is 1.41. The fraction of sp³-hybridized carbons (Fsp3) is 0.333. The summed E-state index contributed by atoms with van der Waals surface area (Å²) in [4.78, 5) is 11.6. The number of hydrogen-bond acceptors (Lipinski definition) is 4. The quantitative estimate of drug-likeness (QED) is 0.671. The van der Waals surface area contributed by atoms with Gasteiger partial charge in [0.15, 0.2) is 0 Å². The highest BCUT2D eigenvalue weighted by atomic mass is 16.5. The number of cyclic esters (lactones) is 1. The summed E-state index contributed by atoms with van der Waals surface area (Å²) in [6.07, 6.45) is 0.387. The molecule has 0 amide bonds. The van der Waals surface area contributed by atoms with Gasteiger partial charge >= 0.3 is 5.97 Å². The van der Waals surface area contributed by atoms with Gasteiger partial charge in [-0.3, -0.25) is 0 Å². The average molecular weight is 217 g/mol. The van der Waals surface area contributed by atoms with Crippen LogP contribution in [0.2, 0.25) is 0 Å². The highest BCUT2D eigenvalue weighted by Gasteiger charge is 2.29. The number of aromatic hydroxyl groups is 1. The highest BCUT2D eigenvalue weighted by Crippen LogP contribution is 2.33. The van der Waals surface area contributed by atoms with Crippen LogP contribution in [0.5, 0.6) is 5.75 Å². The number of nitrogens with zero attached hydrogens (tertiary/aromatic N) is 1. The Hall–Kier alpha value is -2.02. The first-order valence-electron chi connectivity index (χ1n) is 5.01. The molecule has 0 radical (unpaired) electrons. The number of benzene rings is 1. The zero-order valence-corrected chi connectivity index (χ0v) is 9.07. The molecule has 0 saturated heterocycles. The number of carbonyl (C=O) groups excluding carboxylic acids is 1. The largest absolute Gasteiger partial charge is 0.506 e. The standard InChI is InChI=1S/C12H11NO3/c1-6-3-8(5-13)11(14)10-9(6)4-7(2)16-12(10)15/h3,7,14H,4H2,1-2H3/t7-/m1/s1. The monoisotopic (exact) mass is 217 g/mol. The molecule has 0 unspecified atom stereocenters. The van der Waals surface area contributed by atoms with E-state index in [0.29, 0.717) is 6.42 Å². The van der Waals surface area contributed by atoms with Gasteiger partial charge in [0.1, 0.15) is 23.5 Å². The summed E-state index contributed by atoms with van der Waals surface area (Å²) in [7, 11) is 0. The smallest absolute Gasteiger partial charge is 0.342 e. The second-order valence-electron chi connectivity index (χ2n) is 3.98. The lowest BCUT2D eigenvalue weighted by Crippen LogP contribution is -2.26. The van der Waals surface area contributed by atoms with Crippen molar-refractivity contribution in [2.45, 2.75) is 26.4 Å². The van der Waals surface area contributed by atoms with Crippen molar-refractivity contribution in [3.63, 3.8) is 0 Å². The summed E-state index contributed by atoms with van der Waals surface area (Å²) in [5.41, 5.74) is 1.88. The molecule has 0 fully saturated rings. The number of rotatable bonds is 0. The summed E-state index contributed by atoms with van der Waals surface area (Å²) < 4.78 is 5.04. The zero-order chi connectivity index (χ0) is 11.9. The Morgan fingerprint density at radius 2 is 2.31 bits per heavy atom. The lowest BCUT2D eigenvalue weighted by atomic mass is 9.91. The lowest BCUT2D eigenvalue weighted by Gasteiger charge is -2.24. The Bertz CT molecular complexity index is 514. The molecule has 1 aliphatic heterocycles. The Morgan fingerprint density at radius 3 is 2.94 bits per heavy atom. The number of ether oxygens (including phenoxy) is 1. The van der Waals surface area contributed by atoms with E-state index in [-0.39, 0.29) is 23.0 Å². The van der Waals surface area contributed by atoms with Gasteiger partial charge < -0.3 is 9.84 Å². The Labute approximate surface area is 93.1 Å². The average Bonchev–Trinajstić information content (AvgIpc) is 2.22. The number of hydrogen-bond donors (Lipinski definition) is 1. The van der Waals surface area contributed by atoms with Crippen LogP contribution in [0.1, 0.15) is 34.0 Å². The maximum Gasteiger partial charge on any atom is 0.342 e. The molecule has 0 aliphatic carbocycles. The fourth-order valence-corrected chi connectivity index (χ4v) is 1.99. The van der Waals surface area contributed by atoms with Crippen LogP contribution in [-0.2, 0) is 11.2 Å². The molecule has 1 aromatic carbocycles. The SMILES string of the molecule is Cc1cc(C#N)c(O)c2c1C[C@@H](C)OC2=O. The summed E-state index contributed by atoms with van der Waals surface area (Å²) in [5, 5.41) is 18.6. The molecule has 2 rings (SSSR count). The molecule has 1 heterocycles. The minimum absolute atomic E-state index is 0.114. The molecule has 1 atom stereocenters. The molecule has 1 N–H and O–H groups in total. The first kappa shape index (κ1) is 10.5. The van der Waals surface area contributed by atoms with Crippen molar-refractivity contribution in [1.82, 2.24) is 0 Å². The predicted octanol–water partition coefficient (Wildman–Crippen LogP) is 1.67. The Morgan fingerprint density at radius 1 is 1.62 bits per heavy atom. The van der Waals surface area contributed by atoms with Gasteiger partial charge in [0.2, 0.25) is 0 Å². The maximum atomic E-state index is 11.6. The van der Waals surface area contributed by atoms with Crippen molar-refractivity contribution in [2.24, 2.45) is 0 Å². The zero-order valence-electron chi connectivity index (χ0n) is 9.07. The van der Waals surface area contributed by atoms with Crippen LogP contribution >= 0.6 is 0 Å². The van der Waals surface area contributed by atoms with Crippen LogP contribution in [0, 0.1) is 18.3 Å². The van der Waals surface area contributed by atoms with Gasteiger partial charge in [0, 0.05) is 6.42 Å². The molecule has 1 aromatic rings. The molecule has 82 valence electrons. The van der Waals surface area contributed by atoms with Crippen molar-refractivity contribution in [2.75, 3.05) is 0 Å². The summed E-state index contributed by atoms with van der Waals surface area (Å²) in [6, 6.07) is 3.46. The second kappa shape index (κ2) is 3.53. The van der Waals surface area contributed by atoms with E-state index < -0.39 is 5.97 Å². The lowest BCUT2D eigenvalue weighted by molar-refractivity contribution is 0.0296. The van der Waals surface area contributed by atoms with Crippen LogP contribution in [-0.4, -0.2) is 17.2 Å². The first-order valence-corrected chi connectivity index (χ1v) is 5.01. The number of carbonyl (C=O) groups is 1. The van der Waals surface area contributed by atoms with Gasteiger partial charge in [0.25, 0.3) is 0 Å². The summed E-state index contributed by atoms with van der Waals surface area (Å²) in [5.74, 6) is -0.813. The van der Waals surface area contributed by atoms with Gasteiger partial charge in [-0.15, -0.1) is 0 Å². The number of fused-ring (bicyclic) bond motifs is 1. The first-order chi connectivity index (χ1) is 7.54. The highest BCUT2D eigenvalue weighted by molar-refractivity contribution is 5.96. The molecular weight excluding hydrogens is 206 g/mol. The topological polar surface area (TPSA) is 70.3 Å². The molecule has 0 spiro atoms. The number of phenols is 1. The number of phenolic OH excluding ortho intramolecular Hbond substituents is 1. The third-order valence-corrected chi connectivity index (χ3v) is 2.75. The molecule has 0 aromatic heterocycles. The van der Waals surface area contributed by atoms with Gasteiger partial charge in [-0.1, -0.05) is 0 Å². The van der Waals surface area contributed by atoms with E-state index in [1.54, 1.807) is 13.0 Å². The van der Waals surface area contributed by atoms with Gasteiger partial charge in [-0.2, -0.15) is 5.26 Å². The van der Waals surface area contributed by atoms with Crippen LogP contribution in [0.4, 0.5) is 0 Å². The van der Waals surface area contributed by atoms with E-state index in [1.807, 2.05) is 13.0 Å². The Balaban J connectivity index is 2.72. The second-order valence-corrected chi connectivity index (χ2v) is 3.98. The minimum atomic E-state index is -0.550. The van der Waals surface area contributed by atoms with E-state index in [1.165, 1.54) is 0 Å². The van der Waals surface area contributed by atoms with Crippen molar-refractivity contribution < 1.29 is 14.6 Å². The molecule has 0 saturated carbocycles. The van der Waals surface area contributed by atoms with Crippen LogP contribution in [0.25, 0.3) is 0 Å². The number of esters is 1. The molecular formula is C12H11NO3. The van der Waals surface area contributed by atoms with Crippen molar-refractivity contribution in [3.8, 4) is 11.8 Å². The van der Waals surface area contributed by atoms with E-state index in [2.05, 4.69) is 0 Å². The van der Waals surface area contributed by atoms with Crippen LogP contribution < -0.4 is 0 Å². The van der Waals surface area contributed by atoms with Gasteiger partial charge in [-0.05, 0) is 31.0 Å². The number of aryl methyl sites for hydroxylation is 1. The number of nitriles is 1. The Kier molecular flexibility index (Phi) is 2.31. The van der Waals surface area contributed by atoms with E-state index in [4.69, 9.17) is 10.00 Å². The van der Waals surface area contributed by atoms with E-state index >= 15 is 0 Å². The van der Waals surface area contributed by atoms with E-state index in [0.717, 1.165) is 11.1 Å². The molecule has 4 nitrogen and oxygen atoms in total. The van der Waals surface area contributed by atoms with E-state index in [9.17, 15) is 9.90 Å². The third-order valence-electron chi connectivity index (χ3n) is 2.75. The van der Waals surface area contributed by atoms with Gasteiger partial charge in [-0.25, -0.2) is 4.79 Å². The van der Waals surface area contributed by atoms with Crippen LogP contribution in [0.15, 0.2) is 6.07 Å². The molecule has 1 aliphatic rings. The fourth-order valence-electron chi connectivity index (χ4n) is 1.99. The van der Waals surface area contributed by atoms with Gasteiger partial charge in [0.05, 0.1) is 5.56 Å². The normalized spacial score (nSPS) is 18.6. The molecule has 4 heteroatoms. The van der Waals surface area contributed by atoms with Crippen molar-refractivity contribution in [3.05, 3.63) is 28.3 Å².